The minimum absolute atomic E-state index is 0.544. The van der Waals surface area contributed by atoms with Gasteiger partial charge in [0.2, 0.25) is 0 Å². The predicted molar refractivity (Wildman–Crippen MR) is 69.9 cm³/mol. The van der Waals surface area contributed by atoms with Crippen LogP contribution in [0.2, 0.25) is 0 Å². The van der Waals surface area contributed by atoms with Crippen molar-refractivity contribution >= 4 is 5.69 Å². The molecule has 1 aliphatic rings. The number of nitrogens with one attached hydrogen (secondary N) is 1. The van der Waals surface area contributed by atoms with Crippen molar-refractivity contribution < 1.29 is 0 Å². The van der Waals surface area contributed by atoms with Crippen LogP contribution in [0.15, 0.2) is 18.2 Å². The monoisotopic (exact) mass is 218 g/mol. The Labute approximate surface area is 98.7 Å². The van der Waals surface area contributed by atoms with Crippen molar-refractivity contribution in [1.82, 2.24) is 4.90 Å². The highest BCUT2D eigenvalue weighted by Gasteiger charge is 2.28. The molecular weight excluding hydrogens is 196 g/mol. The molecule has 0 bridgehead atoms. The molecule has 2 unspecified atom stereocenters. The predicted octanol–water partition coefficient (Wildman–Crippen LogP) is 2.91. The Hall–Kier alpha value is -1.02. The van der Waals surface area contributed by atoms with Gasteiger partial charge in [-0.2, -0.15) is 0 Å². The average Bonchev–Trinajstić information content (AvgIpc) is 2.27. The van der Waals surface area contributed by atoms with Gasteiger partial charge in [0.25, 0.3) is 0 Å². The Morgan fingerprint density at radius 1 is 1.38 bits per heavy atom. The quantitative estimate of drug-likeness (QED) is 0.821. The van der Waals surface area contributed by atoms with Crippen LogP contribution in [0.5, 0.6) is 0 Å². The molecular formula is C14H22N2. The van der Waals surface area contributed by atoms with Gasteiger partial charge in [0.1, 0.15) is 0 Å². The number of rotatable bonds is 2. The van der Waals surface area contributed by atoms with Crippen molar-refractivity contribution in [3.8, 4) is 0 Å². The minimum atomic E-state index is 0.544. The van der Waals surface area contributed by atoms with Crippen molar-refractivity contribution in [3.63, 3.8) is 0 Å². The van der Waals surface area contributed by atoms with E-state index in [0.29, 0.717) is 12.0 Å². The summed E-state index contributed by atoms with van der Waals surface area (Å²) >= 11 is 0. The second kappa shape index (κ2) is 4.46. The van der Waals surface area contributed by atoms with Gasteiger partial charge in [-0.3, -0.25) is 0 Å². The van der Waals surface area contributed by atoms with Crippen molar-refractivity contribution in [2.24, 2.45) is 5.92 Å². The van der Waals surface area contributed by atoms with Gasteiger partial charge in [-0.15, -0.1) is 0 Å². The largest absolute Gasteiger partial charge is 0.384 e. The molecule has 2 nitrogen and oxygen atoms in total. The van der Waals surface area contributed by atoms with Crippen molar-refractivity contribution in [2.45, 2.75) is 26.3 Å². The fourth-order valence-electron chi connectivity index (χ4n) is 2.85. The second-order valence-corrected chi connectivity index (χ2v) is 5.00. The maximum Gasteiger partial charge on any atom is 0.0421 e. The van der Waals surface area contributed by atoms with E-state index in [1.165, 1.54) is 16.8 Å². The molecule has 2 atom stereocenters. The van der Waals surface area contributed by atoms with E-state index in [1.54, 1.807) is 0 Å². The fraction of sp³-hybridized carbons (Fsp3) is 0.571. The summed E-state index contributed by atoms with van der Waals surface area (Å²) in [5.41, 5.74) is 4.28. The Morgan fingerprint density at radius 3 is 2.75 bits per heavy atom. The molecule has 2 rings (SSSR count). The third kappa shape index (κ3) is 1.82. The van der Waals surface area contributed by atoms with Crippen LogP contribution in [-0.2, 0) is 6.42 Å². The highest BCUT2D eigenvalue weighted by molar-refractivity contribution is 5.60. The number of hydrogen-bond donors (Lipinski definition) is 1. The molecule has 2 heteroatoms. The number of aryl methyl sites for hydroxylation is 1. The van der Waals surface area contributed by atoms with Crippen LogP contribution < -0.4 is 5.32 Å². The number of fused-ring (bicyclic) bond motifs is 1. The van der Waals surface area contributed by atoms with Gasteiger partial charge in [-0.25, -0.2) is 0 Å². The van der Waals surface area contributed by atoms with E-state index in [1.807, 2.05) is 0 Å². The zero-order valence-electron chi connectivity index (χ0n) is 10.7. The summed E-state index contributed by atoms with van der Waals surface area (Å²) in [6, 6.07) is 7.23. The first kappa shape index (κ1) is 11.5. The number of hydrogen-bond acceptors (Lipinski definition) is 2. The van der Waals surface area contributed by atoms with Gasteiger partial charge in [-0.1, -0.05) is 32.0 Å². The van der Waals surface area contributed by atoms with E-state index in [0.717, 1.165) is 13.0 Å². The maximum atomic E-state index is 3.59. The third-order valence-electron chi connectivity index (χ3n) is 3.58. The van der Waals surface area contributed by atoms with Gasteiger partial charge in [0.05, 0.1) is 0 Å². The first-order valence-corrected chi connectivity index (χ1v) is 6.17. The smallest absolute Gasteiger partial charge is 0.0421 e. The number of benzene rings is 1. The zero-order valence-corrected chi connectivity index (χ0v) is 10.7. The van der Waals surface area contributed by atoms with Crippen LogP contribution >= 0.6 is 0 Å². The molecule has 1 N–H and O–H groups in total. The molecule has 16 heavy (non-hydrogen) atoms. The lowest BCUT2D eigenvalue weighted by atomic mass is 9.87. The van der Waals surface area contributed by atoms with E-state index in [2.05, 4.69) is 56.4 Å². The van der Waals surface area contributed by atoms with Crippen molar-refractivity contribution in [2.75, 3.05) is 26.0 Å². The normalized spacial score (nSPS) is 24.1. The molecule has 1 aliphatic heterocycles. The van der Waals surface area contributed by atoms with Crippen molar-refractivity contribution in [1.29, 1.82) is 0 Å². The molecule has 0 saturated carbocycles. The highest BCUT2D eigenvalue weighted by Crippen LogP contribution is 2.38. The lowest BCUT2D eigenvalue weighted by Crippen LogP contribution is -2.34. The molecule has 0 amide bonds. The number of nitrogens with zero attached hydrogens (tertiary/aromatic N) is 1. The van der Waals surface area contributed by atoms with Crippen LogP contribution in [0.25, 0.3) is 0 Å². The maximum absolute atomic E-state index is 3.59. The van der Waals surface area contributed by atoms with Gasteiger partial charge >= 0.3 is 0 Å². The minimum Gasteiger partial charge on any atom is -0.384 e. The summed E-state index contributed by atoms with van der Waals surface area (Å²) in [6.45, 7) is 5.62. The Balaban J connectivity index is 2.48. The van der Waals surface area contributed by atoms with Gasteiger partial charge < -0.3 is 10.2 Å². The van der Waals surface area contributed by atoms with Crippen molar-refractivity contribution in [3.05, 3.63) is 29.3 Å². The van der Waals surface area contributed by atoms with E-state index in [-0.39, 0.29) is 0 Å². The Morgan fingerprint density at radius 2 is 2.12 bits per heavy atom. The van der Waals surface area contributed by atoms with E-state index < -0.39 is 0 Å². The third-order valence-corrected chi connectivity index (χ3v) is 3.58. The van der Waals surface area contributed by atoms with Crippen LogP contribution in [0.4, 0.5) is 5.69 Å². The summed E-state index contributed by atoms with van der Waals surface area (Å²) < 4.78 is 0. The number of anilines is 1. The standard InChI is InChI=1S/C14H22N2/c1-5-11-7-6-8-12-13(11)15-9-10(2)14(12)16(3)4/h6-8,10,14-15H,5,9H2,1-4H3. The van der Waals surface area contributed by atoms with Crippen LogP contribution in [0, 0.1) is 5.92 Å². The molecule has 88 valence electrons. The molecule has 0 aliphatic carbocycles. The van der Waals surface area contributed by atoms with E-state index in [4.69, 9.17) is 0 Å². The molecule has 1 aromatic rings. The van der Waals surface area contributed by atoms with E-state index in [9.17, 15) is 0 Å². The van der Waals surface area contributed by atoms with Crippen LogP contribution in [-0.4, -0.2) is 25.5 Å². The molecule has 0 spiro atoms. The van der Waals surface area contributed by atoms with Gasteiger partial charge in [-0.05, 0) is 37.6 Å². The van der Waals surface area contributed by atoms with Crippen LogP contribution in [0.1, 0.15) is 31.0 Å². The summed E-state index contributed by atoms with van der Waals surface area (Å²) in [5.74, 6) is 0.662. The molecule has 0 radical (unpaired) electrons. The topological polar surface area (TPSA) is 15.3 Å². The SMILES string of the molecule is CCc1cccc2c1NCC(C)C2N(C)C. The Bertz CT molecular complexity index is 371. The van der Waals surface area contributed by atoms with Crippen LogP contribution in [0.3, 0.4) is 0 Å². The lowest BCUT2D eigenvalue weighted by Gasteiger charge is -2.37. The molecule has 1 aromatic carbocycles. The molecule has 0 saturated heterocycles. The van der Waals surface area contributed by atoms with E-state index >= 15 is 0 Å². The first-order chi connectivity index (χ1) is 7.65. The molecule has 1 heterocycles. The average molecular weight is 218 g/mol. The lowest BCUT2D eigenvalue weighted by molar-refractivity contribution is 0.225. The highest BCUT2D eigenvalue weighted by atomic mass is 15.1. The van der Waals surface area contributed by atoms with Gasteiger partial charge in [0, 0.05) is 18.3 Å². The summed E-state index contributed by atoms with van der Waals surface area (Å²) in [7, 11) is 4.35. The zero-order chi connectivity index (χ0) is 11.7. The first-order valence-electron chi connectivity index (χ1n) is 6.17. The Kier molecular flexibility index (Phi) is 3.20. The summed E-state index contributed by atoms with van der Waals surface area (Å²) in [4.78, 5) is 2.34. The number of para-hydroxylation sites is 1. The molecule has 0 fully saturated rings. The second-order valence-electron chi connectivity index (χ2n) is 5.00. The molecule has 0 aromatic heterocycles. The van der Waals surface area contributed by atoms with Gasteiger partial charge in [0.15, 0.2) is 0 Å². The summed E-state index contributed by atoms with van der Waals surface area (Å²) in [6.07, 6.45) is 1.10. The summed E-state index contributed by atoms with van der Waals surface area (Å²) in [5, 5.41) is 3.59. The fourth-order valence-corrected chi connectivity index (χ4v) is 2.85.